The Hall–Kier alpha value is -2.88. The van der Waals surface area contributed by atoms with Crippen LogP contribution < -0.4 is 5.73 Å². The zero-order valence-electron chi connectivity index (χ0n) is 13.8. The van der Waals surface area contributed by atoms with Crippen LogP contribution in [0, 0.1) is 0 Å². The van der Waals surface area contributed by atoms with E-state index in [0.29, 0.717) is 17.4 Å². The van der Waals surface area contributed by atoms with Crippen LogP contribution in [0.1, 0.15) is 37.3 Å². The monoisotopic (exact) mass is 320 g/mol. The van der Waals surface area contributed by atoms with Gasteiger partial charge in [-0.25, -0.2) is 9.79 Å². The highest BCUT2D eigenvalue weighted by atomic mass is 16.4. The van der Waals surface area contributed by atoms with Crippen molar-refractivity contribution >= 4 is 23.6 Å². The fraction of sp³-hybridized carbons (Fsp3) is 0.200. The van der Waals surface area contributed by atoms with E-state index in [0.717, 1.165) is 16.7 Å². The molecule has 0 atom stereocenters. The maximum absolute atomic E-state index is 11.4. The van der Waals surface area contributed by atoms with Gasteiger partial charge in [0.25, 0.3) is 0 Å². The molecule has 2 aromatic rings. The Bertz CT molecular complexity index is 864. The Balaban J connectivity index is 2.16. The van der Waals surface area contributed by atoms with Gasteiger partial charge in [-0.3, -0.25) is 0 Å². The second-order valence-corrected chi connectivity index (χ2v) is 6.27. The van der Waals surface area contributed by atoms with Crippen LogP contribution in [0.4, 0.5) is 5.69 Å². The van der Waals surface area contributed by atoms with Crippen molar-refractivity contribution < 1.29 is 9.90 Å². The minimum absolute atomic E-state index is 0.155. The van der Waals surface area contributed by atoms with Gasteiger partial charge in [-0.15, -0.1) is 0 Å². The second-order valence-electron chi connectivity index (χ2n) is 6.27. The van der Waals surface area contributed by atoms with Crippen molar-refractivity contribution in [3.63, 3.8) is 0 Å². The molecular weight excluding hydrogens is 300 g/mol. The summed E-state index contributed by atoms with van der Waals surface area (Å²) in [5.41, 5.74) is 11.0. The Morgan fingerprint density at radius 3 is 2.67 bits per heavy atom. The van der Waals surface area contributed by atoms with E-state index in [9.17, 15) is 9.90 Å². The summed E-state index contributed by atoms with van der Waals surface area (Å²) in [4.78, 5) is 15.7. The first kappa shape index (κ1) is 16.0. The maximum Gasteiger partial charge on any atom is 0.332 e. The van der Waals surface area contributed by atoms with E-state index in [-0.39, 0.29) is 12.0 Å². The SMILES string of the molecule is CC(C)c1ccccc1-c1ccc2c(c1)C=C(C(=O)O)CC(N)=N2. The molecule has 4 heteroatoms. The molecule has 0 radical (unpaired) electrons. The maximum atomic E-state index is 11.4. The van der Waals surface area contributed by atoms with Crippen molar-refractivity contribution in [2.24, 2.45) is 10.7 Å². The van der Waals surface area contributed by atoms with Crippen molar-refractivity contribution in [3.05, 3.63) is 59.2 Å². The summed E-state index contributed by atoms with van der Waals surface area (Å²) < 4.78 is 0. The average Bonchev–Trinajstić information content (AvgIpc) is 2.72. The average molecular weight is 320 g/mol. The van der Waals surface area contributed by atoms with Crippen molar-refractivity contribution in [2.75, 3.05) is 0 Å². The molecule has 1 heterocycles. The number of benzene rings is 2. The highest BCUT2D eigenvalue weighted by Crippen LogP contribution is 2.34. The number of amidine groups is 1. The lowest BCUT2D eigenvalue weighted by Crippen LogP contribution is -2.14. The van der Waals surface area contributed by atoms with Crippen LogP contribution in [-0.2, 0) is 4.79 Å². The van der Waals surface area contributed by atoms with Crippen LogP contribution >= 0.6 is 0 Å². The lowest BCUT2D eigenvalue weighted by Gasteiger charge is -2.14. The molecule has 0 aliphatic carbocycles. The van der Waals surface area contributed by atoms with Gasteiger partial charge in [0.15, 0.2) is 0 Å². The highest BCUT2D eigenvalue weighted by Gasteiger charge is 2.16. The number of carboxylic acids is 1. The summed E-state index contributed by atoms with van der Waals surface area (Å²) in [5.74, 6) is -0.245. The molecule has 2 aromatic carbocycles. The second kappa shape index (κ2) is 6.32. The molecule has 3 rings (SSSR count). The number of nitrogens with two attached hydrogens (primary N) is 1. The lowest BCUT2D eigenvalue weighted by atomic mass is 9.91. The molecule has 122 valence electrons. The number of hydrogen-bond donors (Lipinski definition) is 2. The van der Waals surface area contributed by atoms with E-state index in [2.05, 4.69) is 31.0 Å². The fourth-order valence-electron chi connectivity index (χ4n) is 2.97. The summed E-state index contributed by atoms with van der Waals surface area (Å²) >= 11 is 0. The molecule has 0 amide bonds. The van der Waals surface area contributed by atoms with Gasteiger partial charge in [-0.2, -0.15) is 0 Å². The largest absolute Gasteiger partial charge is 0.478 e. The summed E-state index contributed by atoms with van der Waals surface area (Å²) in [6.45, 7) is 4.32. The molecule has 0 spiro atoms. The number of hydrogen-bond acceptors (Lipinski definition) is 3. The van der Waals surface area contributed by atoms with Gasteiger partial charge in [0.05, 0.1) is 5.69 Å². The van der Waals surface area contributed by atoms with E-state index >= 15 is 0 Å². The fourth-order valence-corrected chi connectivity index (χ4v) is 2.97. The standard InChI is InChI=1S/C20H20N2O2/c1-12(2)16-5-3-4-6-17(16)13-7-8-18-14(9-13)10-15(20(23)24)11-19(21)22-18/h3-10,12H,11H2,1-2H3,(H2,21,22)(H,23,24). The van der Waals surface area contributed by atoms with Crippen LogP contribution in [-0.4, -0.2) is 16.9 Å². The number of nitrogens with zero attached hydrogens (tertiary/aromatic N) is 1. The van der Waals surface area contributed by atoms with Crippen molar-refractivity contribution in [1.29, 1.82) is 0 Å². The number of fused-ring (bicyclic) bond motifs is 1. The minimum atomic E-state index is -0.964. The van der Waals surface area contributed by atoms with Crippen molar-refractivity contribution in [3.8, 4) is 11.1 Å². The molecule has 0 fully saturated rings. The smallest absolute Gasteiger partial charge is 0.332 e. The van der Waals surface area contributed by atoms with Gasteiger partial charge in [0.2, 0.25) is 0 Å². The summed E-state index contributed by atoms with van der Waals surface area (Å²) in [5, 5.41) is 9.33. The first-order chi connectivity index (χ1) is 11.5. The summed E-state index contributed by atoms with van der Waals surface area (Å²) in [7, 11) is 0. The molecule has 0 bridgehead atoms. The van der Waals surface area contributed by atoms with Crippen LogP contribution in [0.2, 0.25) is 0 Å². The predicted octanol–water partition coefficient (Wildman–Crippen LogP) is 4.34. The number of aliphatic imine (C=N–C) groups is 1. The molecule has 0 saturated heterocycles. The first-order valence-corrected chi connectivity index (χ1v) is 7.96. The normalized spacial score (nSPS) is 13.8. The third-order valence-electron chi connectivity index (χ3n) is 4.16. The number of rotatable bonds is 3. The van der Waals surface area contributed by atoms with Gasteiger partial charge >= 0.3 is 5.97 Å². The third-order valence-corrected chi connectivity index (χ3v) is 4.16. The Kier molecular flexibility index (Phi) is 4.21. The van der Waals surface area contributed by atoms with Crippen LogP contribution in [0.3, 0.4) is 0 Å². The quantitative estimate of drug-likeness (QED) is 0.883. The van der Waals surface area contributed by atoms with E-state index in [4.69, 9.17) is 5.73 Å². The van der Waals surface area contributed by atoms with Gasteiger partial charge in [-0.05, 0) is 40.8 Å². The van der Waals surface area contributed by atoms with E-state index < -0.39 is 5.97 Å². The Labute approximate surface area is 141 Å². The molecule has 4 nitrogen and oxygen atoms in total. The highest BCUT2D eigenvalue weighted by molar-refractivity contribution is 6.02. The van der Waals surface area contributed by atoms with E-state index in [1.54, 1.807) is 6.08 Å². The molecule has 1 aliphatic rings. The van der Waals surface area contributed by atoms with Crippen LogP contribution in [0.25, 0.3) is 17.2 Å². The van der Waals surface area contributed by atoms with Crippen molar-refractivity contribution in [1.82, 2.24) is 0 Å². The van der Waals surface area contributed by atoms with Gasteiger partial charge in [-0.1, -0.05) is 44.2 Å². The minimum Gasteiger partial charge on any atom is -0.478 e. The van der Waals surface area contributed by atoms with Gasteiger partial charge < -0.3 is 10.8 Å². The zero-order chi connectivity index (χ0) is 17.3. The molecule has 0 saturated carbocycles. The number of aliphatic carboxylic acids is 1. The van der Waals surface area contributed by atoms with Crippen LogP contribution in [0.15, 0.2) is 53.0 Å². The Morgan fingerprint density at radius 1 is 1.21 bits per heavy atom. The molecule has 24 heavy (non-hydrogen) atoms. The van der Waals surface area contributed by atoms with Crippen molar-refractivity contribution in [2.45, 2.75) is 26.2 Å². The lowest BCUT2D eigenvalue weighted by molar-refractivity contribution is -0.132. The Morgan fingerprint density at radius 2 is 1.96 bits per heavy atom. The summed E-state index contributed by atoms with van der Waals surface area (Å²) in [6.07, 6.45) is 1.82. The van der Waals surface area contributed by atoms with E-state index in [1.807, 2.05) is 30.3 Å². The third kappa shape index (κ3) is 3.08. The number of carbonyl (C=O) groups is 1. The predicted molar refractivity (Wildman–Crippen MR) is 97.5 cm³/mol. The molecule has 3 N–H and O–H groups in total. The van der Waals surface area contributed by atoms with Gasteiger partial charge in [0.1, 0.15) is 5.84 Å². The molecule has 0 aromatic heterocycles. The van der Waals surface area contributed by atoms with Gasteiger partial charge in [0, 0.05) is 17.6 Å². The first-order valence-electron chi connectivity index (χ1n) is 7.96. The topological polar surface area (TPSA) is 75.7 Å². The zero-order valence-corrected chi connectivity index (χ0v) is 13.8. The molecular formula is C20H20N2O2. The summed E-state index contributed by atoms with van der Waals surface area (Å²) in [6, 6.07) is 14.2. The molecule has 1 aliphatic heterocycles. The van der Waals surface area contributed by atoms with Crippen LogP contribution in [0.5, 0.6) is 0 Å². The molecule has 0 unspecified atom stereocenters. The number of carboxylic acid groups (broad SMARTS) is 1. The van der Waals surface area contributed by atoms with E-state index in [1.165, 1.54) is 5.56 Å².